The second-order valence-electron chi connectivity index (χ2n) is 4.61. The molecular weight excluding hydrogens is 296 g/mol. The van der Waals surface area contributed by atoms with Gasteiger partial charge >= 0.3 is 12.4 Å². The lowest BCUT2D eigenvalue weighted by Gasteiger charge is -2.12. The van der Waals surface area contributed by atoms with E-state index in [9.17, 15) is 26.3 Å². The fraction of sp³-hybridized carbons (Fsp3) is 0.143. The van der Waals surface area contributed by atoms with Crippen LogP contribution in [0.4, 0.5) is 26.3 Å². The van der Waals surface area contributed by atoms with E-state index in [0.29, 0.717) is 10.9 Å². The van der Waals surface area contributed by atoms with Gasteiger partial charge in [-0.1, -0.05) is 18.2 Å². The summed E-state index contributed by atoms with van der Waals surface area (Å²) in [7, 11) is 0. The quantitative estimate of drug-likeness (QED) is 0.538. The number of para-hydroxylation sites is 1. The van der Waals surface area contributed by atoms with Crippen LogP contribution in [0.25, 0.3) is 21.8 Å². The molecule has 1 nitrogen and oxygen atoms in total. The monoisotopic (exact) mass is 303 g/mol. The minimum atomic E-state index is -4.87. The van der Waals surface area contributed by atoms with E-state index < -0.39 is 23.5 Å². The van der Waals surface area contributed by atoms with Gasteiger partial charge in [-0.2, -0.15) is 26.3 Å². The highest BCUT2D eigenvalue weighted by Crippen LogP contribution is 2.41. The zero-order valence-corrected chi connectivity index (χ0v) is 10.2. The molecule has 0 fully saturated rings. The van der Waals surface area contributed by atoms with Crippen LogP contribution < -0.4 is 0 Å². The van der Waals surface area contributed by atoms with Gasteiger partial charge in [0.2, 0.25) is 0 Å². The van der Waals surface area contributed by atoms with Crippen LogP contribution in [0.3, 0.4) is 0 Å². The zero-order chi connectivity index (χ0) is 15.4. The van der Waals surface area contributed by atoms with E-state index >= 15 is 0 Å². The molecule has 0 spiro atoms. The molecule has 0 aliphatic carbocycles. The maximum Gasteiger partial charge on any atom is 0.418 e. The summed E-state index contributed by atoms with van der Waals surface area (Å²) >= 11 is 0. The van der Waals surface area contributed by atoms with Crippen molar-refractivity contribution in [3.8, 4) is 0 Å². The van der Waals surface area contributed by atoms with Gasteiger partial charge in [0, 0.05) is 16.3 Å². The van der Waals surface area contributed by atoms with Crippen molar-refractivity contribution in [2.45, 2.75) is 12.4 Å². The number of aromatic amines is 1. The summed E-state index contributed by atoms with van der Waals surface area (Å²) in [6.07, 6.45) is -9.72. The van der Waals surface area contributed by atoms with E-state index in [4.69, 9.17) is 0 Å². The second kappa shape index (κ2) is 4.16. The van der Waals surface area contributed by atoms with E-state index in [1.807, 2.05) is 0 Å². The zero-order valence-electron chi connectivity index (χ0n) is 10.2. The smallest absolute Gasteiger partial charge is 0.354 e. The number of H-pyrrole nitrogens is 1. The Kier molecular flexibility index (Phi) is 2.73. The van der Waals surface area contributed by atoms with Gasteiger partial charge in [-0.25, -0.2) is 0 Å². The number of halogens is 6. The van der Waals surface area contributed by atoms with Gasteiger partial charge in [-0.3, -0.25) is 0 Å². The first-order chi connectivity index (χ1) is 9.68. The number of benzene rings is 2. The molecule has 7 heteroatoms. The summed E-state index contributed by atoms with van der Waals surface area (Å²) in [6, 6.07) is 7.02. The first-order valence-electron chi connectivity index (χ1n) is 5.87. The molecular formula is C14H7F6N. The van der Waals surface area contributed by atoms with Gasteiger partial charge in [0.25, 0.3) is 0 Å². The van der Waals surface area contributed by atoms with Crippen LogP contribution in [0.1, 0.15) is 11.1 Å². The molecule has 1 N–H and O–H groups in total. The lowest BCUT2D eigenvalue weighted by molar-refractivity contribution is -0.142. The maximum atomic E-state index is 13.0. The number of hydrogen-bond donors (Lipinski definition) is 1. The van der Waals surface area contributed by atoms with Crippen molar-refractivity contribution in [2.75, 3.05) is 0 Å². The van der Waals surface area contributed by atoms with Crippen LogP contribution in [0.15, 0.2) is 36.4 Å². The average molecular weight is 303 g/mol. The Morgan fingerprint density at radius 3 is 2.05 bits per heavy atom. The molecule has 0 saturated carbocycles. The molecule has 0 aliphatic heterocycles. The third-order valence-corrected chi connectivity index (χ3v) is 3.25. The lowest BCUT2D eigenvalue weighted by atomic mass is 10.0. The summed E-state index contributed by atoms with van der Waals surface area (Å²) in [5, 5.41) is 0.233. The van der Waals surface area contributed by atoms with Gasteiger partial charge < -0.3 is 4.98 Å². The molecule has 3 aromatic rings. The largest absolute Gasteiger partial charge is 0.418 e. The summed E-state index contributed by atoms with van der Waals surface area (Å²) in [5.41, 5.74) is -2.61. The SMILES string of the molecule is FC(F)(F)c1cc(C(F)(F)F)c2[nH]c3ccccc3c2c1. The third kappa shape index (κ3) is 2.22. The molecule has 21 heavy (non-hydrogen) atoms. The van der Waals surface area contributed by atoms with Crippen molar-refractivity contribution in [1.29, 1.82) is 0 Å². The van der Waals surface area contributed by atoms with Crippen LogP contribution in [0.2, 0.25) is 0 Å². The third-order valence-electron chi connectivity index (χ3n) is 3.25. The van der Waals surface area contributed by atoms with Crippen molar-refractivity contribution < 1.29 is 26.3 Å². The summed E-state index contributed by atoms with van der Waals surface area (Å²) in [6.45, 7) is 0. The molecule has 1 heterocycles. The Morgan fingerprint density at radius 1 is 0.762 bits per heavy atom. The van der Waals surface area contributed by atoms with Crippen LogP contribution in [0, 0.1) is 0 Å². The molecule has 1 aromatic heterocycles. The Balaban J connectivity index is 2.48. The predicted octanol–water partition coefficient (Wildman–Crippen LogP) is 5.36. The number of nitrogens with one attached hydrogen (secondary N) is 1. The fourth-order valence-corrected chi connectivity index (χ4v) is 2.34. The van der Waals surface area contributed by atoms with Gasteiger partial charge in [0.05, 0.1) is 16.6 Å². The molecule has 0 bridgehead atoms. The van der Waals surface area contributed by atoms with Crippen LogP contribution in [0.5, 0.6) is 0 Å². The normalized spacial score (nSPS) is 13.2. The first kappa shape index (κ1) is 13.8. The van der Waals surface area contributed by atoms with Gasteiger partial charge in [-0.15, -0.1) is 0 Å². The van der Waals surface area contributed by atoms with Crippen molar-refractivity contribution in [2.24, 2.45) is 0 Å². The second-order valence-corrected chi connectivity index (χ2v) is 4.61. The van der Waals surface area contributed by atoms with E-state index in [1.165, 1.54) is 12.1 Å². The minimum Gasteiger partial charge on any atom is -0.354 e. The maximum absolute atomic E-state index is 13.0. The Morgan fingerprint density at radius 2 is 1.43 bits per heavy atom. The molecule has 0 unspecified atom stereocenters. The molecule has 0 radical (unpaired) electrons. The number of alkyl halides is 6. The Labute approximate surface area is 114 Å². The van der Waals surface area contributed by atoms with Crippen LogP contribution >= 0.6 is 0 Å². The van der Waals surface area contributed by atoms with Gasteiger partial charge in [0.15, 0.2) is 0 Å². The molecule has 0 amide bonds. The molecule has 0 saturated heterocycles. The number of hydrogen-bond acceptors (Lipinski definition) is 0. The minimum absolute atomic E-state index is 0.0900. The summed E-state index contributed by atoms with van der Waals surface area (Å²) < 4.78 is 77.5. The molecule has 110 valence electrons. The number of rotatable bonds is 0. The number of aromatic nitrogens is 1. The topological polar surface area (TPSA) is 15.8 Å². The molecule has 0 aliphatic rings. The average Bonchev–Trinajstić information content (AvgIpc) is 2.73. The molecule has 0 atom stereocenters. The highest BCUT2D eigenvalue weighted by Gasteiger charge is 2.38. The van der Waals surface area contributed by atoms with Gasteiger partial charge in [0.1, 0.15) is 0 Å². The van der Waals surface area contributed by atoms with E-state index in [0.717, 1.165) is 6.07 Å². The molecule has 3 rings (SSSR count). The summed E-state index contributed by atoms with van der Waals surface area (Å²) in [4.78, 5) is 2.54. The van der Waals surface area contributed by atoms with Gasteiger partial charge in [-0.05, 0) is 18.2 Å². The van der Waals surface area contributed by atoms with E-state index in [1.54, 1.807) is 12.1 Å². The first-order valence-corrected chi connectivity index (χ1v) is 5.87. The summed E-state index contributed by atoms with van der Waals surface area (Å²) in [5.74, 6) is 0. The van der Waals surface area contributed by atoms with Crippen LogP contribution in [-0.4, -0.2) is 4.98 Å². The Bertz CT molecular complexity index is 825. The van der Waals surface area contributed by atoms with Crippen molar-refractivity contribution in [1.82, 2.24) is 4.98 Å². The lowest BCUT2D eigenvalue weighted by Crippen LogP contribution is -2.11. The fourth-order valence-electron chi connectivity index (χ4n) is 2.34. The Hall–Kier alpha value is -2.18. The molecule has 2 aromatic carbocycles. The van der Waals surface area contributed by atoms with Crippen molar-refractivity contribution in [3.05, 3.63) is 47.5 Å². The number of fused-ring (bicyclic) bond motifs is 3. The van der Waals surface area contributed by atoms with Crippen LogP contribution in [-0.2, 0) is 12.4 Å². The van der Waals surface area contributed by atoms with Crippen molar-refractivity contribution in [3.63, 3.8) is 0 Å². The van der Waals surface area contributed by atoms with E-state index in [2.05, 4.69) is 4.98 Å². The highest BCUT2D eigenvalue weighted by molar-refractivity contribution is 6.08. The predicted molar refractivity (Wildman–Crippen MR) is 65.8 cm³/mol. The van der Waals surface area contributed by atoms with Crippen molar-refractivity contribution >= 4 is 21.8 Å². The standard InChI is InChI=1S/C14H7F6N/c15-13(16,17)7-5-9-8-3-1-2-4-11(8)21-12(9)10(6-7)14(18,19)20/h1-6,21H. The van der Waals surface area contributed by atoms with E-state index in [-0.39, 0.29) is 17.0 Å². The highest BCUT2D eigenvalue weighted by atomic mass is 19.4.